The van der Waals surface area contributed by atoms with E-state index in [1.807, 2.05) is 0 Å². The number of carbonyl (C=O) groups is 1. The molecule has 2 rings (SSSR count). The van der Waals surface area contributed by atoms with Gasteiger partial charge in [0.15, 0.2) is 5.78 Å². The molecule has 1 aliphatic heterocycles. The maximum atomic E-state index is 12.8. The molecule has 2 heterocycles. The Labute approximate surface area is 126 Å². The van der Waals surface area contributed by atoms with Crippen molar-refractivity contribution in [3.63, 3.8) is 0 Å². The summed E-state index contributed by atoms with van der Waals surface area (Å²) in [6, 6.07) is 2.73. The Morgan fingerprint density at radius 2 is 1.90 bits per heavy atom. The average molecular weight is 293 g/mol. The van der Waals surface area contributed by atoms with Crippen molar-refractivity contribution in [1.82, 2.24) is 14.8 Å². The van der Waals surface area contributed by atoms with E-state index in [0.29, 0.717) is 12.1 Å². The minimum Gasteiger partial charge on any atom is -0.300 e. The van der Waals surface area contributed by atoms with Gasteiger partial charge in [0.05, 0.1) is 6.20 Å². The molecular weight excluding hydrogens is 269 g/mol. The second kappa shape index (κ2) is 6.62. The van der Waals surface area contributed by atoms with Gasteiger partial charge in [0.2, 0.25) is 0 Å². The molecule has 0 aromatic carbocycles. The van der Waals surface area contributed by atoms with Gasteiger partial charge in [-0.3, -0.25) is 14.7 Å². The van der Waals surface area contributed by atoms with Gasteiger partial charge in [0.25, 0.3) is 0 Å². The normalized spacial score (nSPS) is 17.9. The Morgan fingerprint density at radius 3 is 2.43 bits per heavy atom. The zero-order chi connectivity index (χ0) is 15.5. The van der Waals surface area contributed by atoms with Crippen LogP contribution in [0.25, 0.3) is 0 Å². The highest BCUT2D eigenvalue weighted by Gasteiger charge is 2.25. The van der Waals surface area contributed by atoms with Gasteiger partial charge in [-0.25, -0.2) is 4.39 Å². The van der Waals surface area contributed by atoms with E-state index in [1.165, 1.54) is 12.1 Å². The summed E-state index contributed by atoms with van der Waals surface area (Å²) in [5, 5.41) is 0. The molecule has 1 aromatic rings. The Kier molecular flexibility index (Phi) is 5.06. The summed E-state index contributed by atoms with van der Waals surface area (Å²) in [5.41, 5.74) is 0.560. The molecule has 1 aromatic heterocycles. The number of nitrogens with zero attached hydrogens (tertiary/aromatic N) is 3. The standard InChI is InChI=1S/C16H24FN3O/c1-16(2,3)20-10-8-19(9-11-20)7-6-15(21)14-5-4-13(17)12-18-14/h4-5,12H,6-11H2,1-3H3. The quantitative estimate of drug-likeness (QED) is 0.798. The van der Waals surface area contributed by atoms with Crippen LogP contribution in [0.1, 0.15) is 37.7 Å². The number of piperazine rings is 1. The van der Waals surface area contributed by atoms with Crippen LogP contribution in [0.5, 0.6) is 0 Å². The van der Waals surface area contributed by atoms with E-state index in [9.17, 15) is 9.18 Å². The maximum Gasteiger partial charge on any atom is 0.182 e. The van der Waals surface area contributed by atoms with Crippen molar-refractivity contribution in [1.29, 1.82) is 0 Å². The first-order valence-electron chi connectivity index (χ1n) is 7.48. The van der Waals surface area contributed by atoms with Crippen LogP contribution >= 0.6 is 0 Å². The van der Waals surface area contributed by atoms with Crippen LogP contribution in [0.4, 0.5) is 4.39 Å². The molecule has 0 atom stereocenters. The van der Waals surface area contributed by atoms with Crippen LogP contribution in [-0.4, -0.2) is 58.8 Å². The Balaban J connectivity index is 1.77. The first-order valence-corrected chi connectivity index (χ1v) is 7.48. The molecule has 4 nitrogen and oxygen atoms in total. The third-order valence-corrected chi connectivity index (χ3v) is 3.99. The lowest BCUT2D eigenvalue weighted by atomic mass is 10.0. The van der Waals surface area contributed by atoms with Crippen molar-refractivity contribution in [2.45, 2.75) is 32.7 Å². The number of Topliss-reactive ketones (excluding diaryl/α,β-unsaturated/α-hetero) is 1. The van der Waals surface area contributed by atoms with Gasteiger partial charge >= 0.3 is 0 Å². The number of hydrogen-bond donors (Lipinski definition) is 0. The van der Waals surface area contributed by atoms with E-state index in [-0.39, 0.29) is 11.3 Å². The minimum absolute atomic E-state index is 0.0201. The highest BCUT2D eigenvalue weighted by molar-refractivity contribution is 5.94. The molecule has 1 fully saturated rings. The summed E-state index contributed by atoms with van der Waals surface area (Å²) >= 11 is 0. The second-order valence-electron chi connectivity index (χ2n) is 6.53. The predicted molar refractivity (Wildman–Crippen MR) is 80.9 cm³/mol. The average Bonchev–Trinajstić information content (AvgIpc) is 2.45. The monoisotopic (exact) mass is 293 g/mol. The molecule has 1 aliphatic rings. The fourth-order valence-corrected chi connectivity index (χ4v) is 2.57. The number of hydrogen-bond acceptors (Lipinski definition) is 4. The first-order chi connectivity index (χ1) is 9.86. The van der Waals surface area contributed by atoms with Gasteiger partial charge < -0.3 is 4.90 Å². The summed E-state index contributed by atoms with van der Waals surface area (Å²) in [4.78, 5) is 20.6. The van der Waals surface area contributed by atoms with Crippen molar-refractivity contribution >= 4 is 5.78 Å². The fraction of sp³-hybridized carbons (Fsp3) is 0.625. The van der Waals surface area contributed by atoms with Gasteiger partial charge in [-0.05, 0) is 32.9 Å². The van der Waals surface area contributed by atoms with E-state index in [4.69, 9.17) is 0 Å². The van der Waals surface area contributed by atoms with E-state index in [2.05, 4.69) is 35.6 Å². The SMILES string of the molecule is CC(C)(C)N1CCN(CCC(=O)c2ccc(F)cn2)CC1. The summed E-state index contributed by atoms with van der Waals surface area (Å²) in [5.74, 6) is -0.432. The molecule has 5 heteroatoms. The van der Waals surface area contributed by atoms with Gasteiger partial charge in [0, 0.05) is 44.7 Å². The van der Waals surface area contributed by atoms with Gasteiger partial charge in [-0.2, -0.15) is 0 Å². The third-order valence-electron chi connectivity index (χ3n) is 3.99. The lowest BCUT2D eigenvalue weighted by Crippen LogP contribution is -2.53. The van der Waals surface area contributed by atoms with Crippen LogP contribution in [0, 0.1) is 5.82 Å². The molecule has 0 N–H and O–H groups in total. The van der Waals surface area contributed by atoms with E-state index in [0.717, 1.165) is 38.9 Å². The van der Waals surface area contributed by atoms with Crippen molar-refractivity contribution in [3.8, 4) is 0 Å². The van der Waals surface area contributed by atoms with E-state index in [1.54, 1.807) is 0 Å². The molecule has 0 aliphatic carbocycles. The number of aromatic nitrogens is 1. The van der Waals surface area contributed by atoms with Crippen LogP contribution in [0.2, 0.25) is 0 Å². The summed E-state index contributed by atoms with van der Waals surface area (Å²) in [6.07, 6.45) is 1.53. The van der Waals surface area contributed by atoms with Crippen molar-refractivity contribution in [2.24, 2.45) is 0 Å². The van der Waals surface area contributed by atoms with Gasteiger partial charge in [-0.15, -0.1) is 0 Å². The Hall–Kier alpha value is -1.33. The van der Waals surface area contributed by atoms with Crippen LogP contribution < -0.4 is 0 Å². The highest BCUT2D eigenvalue weighted by Crippen LogP contribution is 2.16. The lowest BCUT2D eigenvalue weighted by Gasteiger charge is -2.42. The minimum atomic E-state index is -0.412. The van der Waals surface area contributed by atoms with Gasteiger partial charge in [0.1, 0.15) is 11.5 Å². The molecule has 0 amide bonds. The van der Waals surface area contributed by atoms with Crippen LogP contribution in [0.3, 0.4) is 0 Å². The fourth-order valence-electron chi connectivity index (χ4n) is 2.57. The van der Waals surface area contributed by atoms with Crippen molar-refractivity contribution in [2.75, 3.05) is 32.7 Å². The summed E-state index contributed by atoms with van der Waals surface area (Å²) < 4.78 is 12.8. The largest absolute Gasteiger partial charge is 0.300 e. The van der Waals surface area contributed by atoms with Crippen LogP contribution in [0.15, 0.2) is 18.3 Å². The Morgan fingerprint density at radius 1 is 1.24 bits per heavy atom. The molecule has 1 saturated heterocycles. The summed E-state index contributed by atoms with van der Waals surface area (Å²) in [6.45, 7) is 11.5. The topological polar surface area (TPSA) is 36.4 Å². The van der Waals surface area contributed by atoms with E-state index < -0.39 is 5.82 Å². The molecule has 0 saturated carbocycles. The highest BCUT2D eigenvalue weighted by atomic mass is 19.1. The Bertz CT molecular complexity index is 473. The smallest absolute Gasteiger partial charge is 0.182 e. The number of rotatable bonds is 4. The molecular formula is C16H24FN3O. The van der Waals surface area contributed by atoms with Crippen molar-refractivity contribution in [3.05, 3.63) is 29.8 Å². The lowest BCUT2D eigenvalue weighted by molar-refractivity contribution is 0.0601. The zero-order valence-electron chi connectivity index (χ0n) is 13.1. The zero-order valence-corrected chi connectivity index (χ0v) is 13.1. The predicted octanol–water partition coefficient (Wildman–Crippen LogP) is 2.21. The van der Waals surface area contributed by atoms with Crippen molar-refractivity contribution < 1.29 is 9.18 Å². The molecule has 116 valence electrons. The summed E-state index contributed by atoms with van der Waals surface area (Å²) in [7, 11) is 0. The van der Waals surface area contributed by atoms with Gasteiger partial charge in [-0.1, -0.05) is 0 Å². The third kappa shape index (κ3) is 4.58. The molecule has 0 spiro atoms. The number of pyridine rings is 1. The number of halogens is 1. The second-order valence-corrected chi connectivity index (χ2v) is 6.53. The van der Waals surface area contributed by atoms with E-state index >= 15 is 0 Å². The number of carbonyl (C=O) groups excluding carboxylic acids is 1. The number of ketones is 1. The first kappa shape index (κ1) is 16.0. The van der Waals surface area contributed by atoms with Crippen LogP contribution in [-0.2, 0) is 0 Å². The maximum absolute atomic E-state index is 12.8. The molecule has 0 bridgehead atoms. The molecule has 0 radical (unpaired) electrons. The molecule has 21 heavy (non-hydrogen) atoms. The molecule has 0 unspecified atom stereocenters.